The molecule has 2 rings (SSSR count). The van der Waals surface area contributed by atoms with E-state index in [1.54, 1.807) is 18.2 Å². The number of rotatable bonds is 7. The first kappa shape index (κ1) is 18.7. The number of nitrogen functional groups attached to an aromatic ring is 1. The molecule has 0 atom stereocenters. The van der Waals surface area contributed by atoms with Gasteiger partial charge in [0, 0.05) is 36.8 Å². The number of hydrogen-bond donors (Lipinski definition) is 4. The molecule has 134 valence electrons. The SMILES string of the molecule is COCC(=O)Nc1cccc(NC(=O)NCCc2csc(N)n2)c1C. The van der Waals surface area contributed by atoms with Crippen molar-refractivity contribution in [2.45, 2.75) is 13.3 Å². The summed E-state index contributed by atoms with van der Waals surface area (Å²) in [5.41, 5.74) is 8.41. The van der Waals surface area contributed by atoms with Crippen LogP contribution in [0.25, 0.3) is 0 Å². The van der Waals surface area contributed by atoms with Crippen LogP contribution < -0.4 is 21.7 Å². The molecule has 0 aliphatic rings. The monoisotopic (exact) mass is 363 g/mol. The molecule has 0 fully saturated rings. The highest BCUT2D eigenvalue weighted by atomic mass is 32.1. The van der Waals surface area contributed by atoms with Crippen LogP contribution in [0.15, 0.2) is 23.6 Å². The average Bonchev–Trinajstić information content (AvgIpc) is 2.97. The van der Waals surface area contributed by atoms with Crippen LogP contribution in [-0.4, -0.2) is 37.2 Å². The Morgan fingerprint density at radius 3 is 2.64 bits per heavy atom. The Bertz CT molecular complexity index is 747. The van der Waals surface area contributed by atoms with Gasteiger partial charge in [0.1, 0.15) is 6.61 Å². The van der Waals surface area contributed by atoms with E-state index in [-0.39, 0.29) is 18.5 Å². The molecule has 0 radical (unpaired) electrons. The molecule has 0 saturated carbocycles. The Morgan fingerprint density at radius 1 is 1.28 bits per heavy atom. The number of carbonyl (C=O) groups is 2. The van der Waals surface area contributed by atoms with Crippen molar-refractivity contribution in [1.29, 1.82) is 0 Å². The molecule has 9 heteroatoms. The van der Waals surface area contributed by atoms with E-state index in [9.17, 15) is 9.59 Å². The van der Waals surface area contributed by atoms with Crippen LogP contribution in [0.2, 0.25) is 0 Å². The molecular weight excluding hydrogens is 342 g/mol. The second-order valence-electron chi connectivity index (χ2n) is 5.27. The molecule has 3 amide bonds. The van der Waals surface area contributed by atoms with Gasteiger partial charge in [0.15, 0.2) is 5.13 Å². The predicted molar refractivity (Wildman–Crippen MR) is 98.9 cm³/mol. The highest BCUT2D eigenvalue weighted by Gasteiger charge is 2.10. The van der Waals surface area contributed by atoms with Crippen molar-refractivity contribution < 1.29 is 14.3 Å². The highest BCUT2D eigenvalue weighted by molar-refractivity contribution is 7.13. The molecule has 0 spiro atoms. The van der Waals surface area contributed by atoms with Gasteiger partial charge in [0.25, 0.3) is 0 Å². The Balaban J connectivity index is 1.88. The lowest BCUT2D eigenvalue weighted by Gasteiger charge is -2.13. The lowest BCUT2D eigenvalue weighted by atomic mass is 10.1. The molecule has 8 nitrogen and oxygen atoms in total. The van der Waals surface area contributed by atoms with Crippen LogP contribution in [0.3, 0.4) is 0 Å². The van der Waals surface area contributed by atoms with Gasteiger partial charge in [-0.25, -0.2) is 9.78 Å². The van der Waals surface area contributed by atoms with E-state index in [4.69, 9.17) is 10.5 Å². The van der Waals surface area contributed by atoms with Crippen molar-refractivity contribution in [2.24, 2.45) is 0 Å². The van der Waals surface area contributed by atoms with Crippen LogP contribution in [0.4, 0.5) is 21.3 Å². The number of ether oxygens (including phenoxy) is 1. The number of nitrogens with zero attached hydrogens (tertiary/aromatic N) is 1. The molecule has 1 aromatic carbocycles. The zero-order valence-corrected chi connectivity index (χ0v) is 14.9. The molecule has 0 saturated heterocycles. The van der Waals surface area contributed by atoms with Crippen molar-refractivity contribution in [3.05, 3.63) is 34.8 Å². The summed E-state index contributed by atoms with van der Waals surface area (Å²) in [5, 5.41) is 10.7. The third-order valence-electron chi connectivity index (χ3n) is 3.37. The number of amides is 3. The van der Waals surface area contributed by atoms with E-state index < -0.39 is 0 Å². The van der Waals surface area contributed by atoms with Gasteiger partial charge in [-0.15, -0.1) is 11.3 Å². The average molecular weight is 363 g/mol. The number of nitrogens with one attached hydrogen (secondary N) is 3. The number of urea groups is 1. The molecule has 0 bridgehead atoms. The van der Waals surface area contributed by atoms with Gasteiger partial charge in [-0.2, -0.15) is 0 Å². The minimum atomic E-state index is -0.327. The summed E-state index contributed by atoms with van der Waals surface area (Å²) in [6, 6.07) is 4.95. The van der Waals surface area contributed by atoms with Gasteiger partial charge in [-0.3, -0.25) is 4.79 Å². The zero-order chi connectivity index (χ0) is 18.2. The topological polar surface area (TPSA) is 118 Å². The molecule has 25 heavy (non-hydrogen) atoms. The van der Waals surface area contributed by atoms with E-state index in [1.165, 1.54) is 18.4 Å². The summed E-state index contributed by atoms with van der Waals surface area (Å²) >= 11 is 1.37. The summed E-state index contributed by atoms with van der Waals surface area (Å²) in [6.07, 6.45) is 0.604. The number of carbonyl (C=O) groups excluding carboxylic acids is 2. The Kier molecular flexibility index (Phi) is 6.72. The van der Waals surface area contributed by atoms with Crippen molar-refractivity contribution in [3.8, 4) is 0 Å². The molecule has 2 aromatic rings. The fraction of sp³-hybridized carbons (Fsp3) is 0.312. The number of benzene rings is 1. The first-order valence-electron chi connectivity index (χ1n) is 7.62. The third kappa shape index (κ3) is 5.73. The number of thiazole rings is 1. The van der Waals surface area contributed by atoms with E-state index in [2.05, 4.69) is 20.9 Å². The number of aromatic nitrogens is 1. The first-order chi connectivity index (χ1) is 12.0. The second-order valence-corrected chi connectivity index (χ2v) is 6.16. The number of methoxy groups -OCH3 is 1. The number of nitrogens with two attached hydrogens (primary N) is 1. The van der Waals surface area contributed by atoms with Crippen LogP contribution >= 0.6 is 11.3 Å². The molecule has 0 aliphatic heterocycles. The van der Waals surface area contributed by atoms with E-state index >= 15 is 0 Å². The van der Waals surface area contributed by atoms with Gasteiger partial charge in [-0.1, -0.05) is 6.07 Å². The lowest BCUT2D eigenvalue weighted by Crippen LogP contribution is -2.30. The lowest BCUT2D eigenvalue weighted by molar-refractivity contribution is -0.119. The summed E-state index contributed by atoms with van der Waals surface area (Å²) in [7, 11) is 1.45. The normalized spacial score (nSPS) is 10.3. The Morgan fingerprint density at radius 2 is 2.00 bits per heavy atom. The van der Waals surface area contributed by atoms with Crippen LogP contribution in [0.5, 0.6) is 0 Å². The summed E-state index contributed by atoms with van der Waals surface area (Å²) < 4.78 is 4.79. The molecule has 1 heterocycles. The van der Waals surface area contributed by atoms with Crippen molar-refractivity contribution in [3.63, 3.8) is 0 Å². The minimum Gasteiger partial charge on any atom is -0.375 e. The van der Waals surface area contributed by atoms with Crippen molar-refractivity contribution in [1.82, 2.24) is 10.3 Å². The van der Waals surface area contributed by atoms with Gasteiger partial charge in [0.05, 0.1) is 5.69 Å². The highest BCUT2D eigenvalue weighted by Crippen LogP contribution is 2.23. The van der Waals surface area contributed by atoms with Crippen LogP contribution in [0, 0.1) is 6.92 Å². The Labute approximate surface area is 149 Å². The van der Waals surface area contributed by atoms with Gasteiger partial charge < -0.3 is 26.4 Å². The van der Waals surface area contributed by atoms with Crippen molar-refractivity contribution >= 4 is 39.8 Å². The summed E-state index contributed by atoms with van der Waals surface area (Å²) in [5.74, 6) is -0.255. The maximum Gasteiger partial charge on any atom is 0.319 e. The van der Waals surface area contributed by atoms with E-state index in [0.29, 0.717) is 29.5 Å². The van der Waals surface area contributed by atoms with Crippen LogP contribution in [-0.2, 0) is 16.0 Å². The maximum atomic E-state index is 12.0. The van der Waals surface area contributed by atoms with Gasteiger partial charge in [-0.05, 0) is 24.6 Å². The molecule has 0 aliphatic carbocycles. The minimum absolute atomic E-state index is 0.0291. The first-order valence-corrected chi connectivity index (χ1v) is 8.50. The van der Waals surface area contributed by atoms with Crippen molar-refractivity contribution in [2.75, 3.05) is 36.6 Å². The molecule has 1 aromatic heterocycles. The van der Waals surface area contributed by atoms with E-state index in [0.717, 1.165) is 11.3 Å². The summed E-state index contributed by atoms with van der Waals surface area (Å²) in [4.78, 5) is 27.8. The Hall–Kier alpha value is -2.65. The third-order valence-corrected chi connectivity index (χ3v) is 4.09. The van der Waals surface area contributed by atoms with E-state index in [1.807, 2.05) is 12.3 Å². The predicted octanol–water partition coefficient (Wildman–Crippen LogP) is 1.98. The molecular formula is C16H21N5O3S. The van der Waals surface area contributed by atoms with Gasteiger partial charge >= 0.3 is 6.03 Å². The molecule has 0 unspecified atom stereocenters. The van der Waals surface area contributed by atoms with Gasteiger partial charge in [0.2, 0.25) is 5.91 Å². The second kappa shape index (κ2) is 9.00. The number of hydrogen-bond acceptors (Lipinski definition) is 6. The standard InChI is InChI=1S/C16H21N5O3S/c1-10-12(20-14(22)8-24-2)4-3-5-13(10)21-16(23)18-7-6-11-9-25-15(17)19-11/h3-5,9H,6-8H2,1-2H3,(H2,17,19)(H,20,22)(H2,18,21,23). The maximum absolute atomic E-state index is 12.0. The van der Waals surface area contributed by atoms with Crippen LogP contribution in [0.1, 0.15) is 11.3 Å². The summed E-state index contributed by atoms with van der Waals surface area (Å²) in [6.45, 7) is 2.23. The molecule has 5 N–H and O–H groups in total. The quantitative estimate of drug-likeness (QED) is 0.600. The number of anilines is 3. The smallest absolute Gasteiger partial charge is 0.319 e. The fourth-order valence-electron chi connectivity index (χ4n) is 2.13. The largest absolute Gasteiger partial charge is 0.375 e. The zero-order valence-electron chi connectivity index (χ0n) is 14.1. The fourth-order valence-corrected chi connectivity index (χ4v) is 2.73.